The van der Waals surface area contributed by atoms with Gasteiger partial charge >= 0.3 is 5.63 Å². The van der Waals surface area contributed by atoms with Gasteiger partial charge in [0.1, 0.15) is 11.3 Å². The van der Waals surface area contributed by atoms with Gasteiger partial charge in [-0.2, -0.15) is 0 Å². The summed E-state index contributed by atoms with van der Waals surface area (Å²) in [4.78, 5) is 24.6. The van der Waals surface area contributed by atoms with Crippen molar-refractivity contribution in [2.75, 3.05) is 33.5 Å². The van der Waals surface area contributed by atoms with E-state index in [1.54, 1.807) is 19.2 Å². The number of ether oxygens (including phenoxy) is 3. The van der Waals surface area contributed by atoms with Gasteiger partial charge < -0.3 is 23.9 Å². The van der Waals surface area contributed by atoms with Crippen molar-refractivity contribution in [1.29, 1.82) is 0 Å². The topological polar surface area (TPSA) is 87.0 Å². The standard InChI is InChI=1S/C24H27NO6.C2H6.H2/c1-16-4-6-18(7-5-16)23(24(27)25-10-11-29-13-12-28-3)30-19-8-9-20-17(2)14-22(26)31-21(20)15-19;1-2;/h4-9,14-15,23H,10-13H2,1-3H3,(H,25,27);1-2H3;1H. The molecule has 0 bridgehead atoms. The van der Waals surface area contributed by atoms with E-state index < -0.39 is 11.7 Å². The normalized spacial score (nSPS) is 11.4. The molecule has 0 saturated carbocycles. The molecule has 180 valence electrons. The highest BCUT2D eigenvalue weighted by molar-refractivity contribution is 5.83. The predicted molar refractivity (Wildman–Crippen MR) is 131 cm³/mol. The van der Waals surface area contributed by atoms with Crippen LogP contribution in [0, 0.1) is 13.8 Å². The summed E-state index contributed by atoms with van der Waals surface area (Å²) in [6.07, 6.45) is -0.867. The molecular formula is C26H35NO6. The zero-order valence-corrected chi connectivity index (χ0v) is 20.0. The first-order chi connectivity index (χ1) is 16.0. The molecule has 0 aliphatic rings. The largest absolute Gasteiger partial charge is 0.476 e. The number of amides is 1. The first kappa shape index (κ1) is 26.1. The number of rotatable bonds is 10. The molecule has 0 radical (unpaired) electrons. The number of carbonyl (C=O) groups is 1. The van der Waals surface area contributed by atoms with Crippen molar-refractivity contribution in [3.05, 3.63) is 75.6 Å². The van der Waals surface area contributed by atoms with Crippen LogP contribution in [0.2, 0.25) is 0 Å². The Bertz CT molecular complexity index is 1080. The molecule has 0 aliphatic heterocycles. The van der Waals surface area contributed by atoms with Gasteiger partial charge in [0.25, 0.3) is 5.91 Å². The Kier molecular flexibility index (Phi) is 10.6. The lowest BCUT2D eigenvalue weighted by Gasteiger charge is -2.20. The molecule has 7 nitrogen and oxygen atoms in total. The molecule has 1 N–H and O–H groups in total. The van der Waals surface area contributed by atoms with E-state index >= 15 is 0 Å². The highest BCUT2D eigenvalue weighted by Crippen LogP contribution is 2.27. The molecule has 3 rings (SSSR count). The van der Waals surface area contributed by atoms with Gasteiger partial charge in [-0.1, -0.05) is 43.7 Å². The lowest BCUT2D eigenvalue weighted by atomic mass is 10.1. The van der Waals surface area contributed by atoms with Gasteiger partial charge in [0.15, 0.2) is 0 Å². The second-order valence-corrected chi connectivity index (χ2v) is 7.21. The molecule has 33 heavy (non-hydrogen) atoms. The van der Waals surface area contributed by atoms with Crippen molar-refractivity contribution in [3.8, 4) is 5.75 Å². The minimum absolute atomic E-state index is 0. The average Bonchev–Trinajstić information content (AvgIpc) is 2.81. The van der Waals surface area contributed by atoms with E-state index in [2.05, 4.69) is 5.32 Å². The quantitative estimate of drug-likeness (QED) is 0.354. The maximum atomic E-state index is 12.9. The monoisotopic (exact) mass is 457 g/mol. The number of carbonyl (C=O) groups excluding carboxylic acids is 1. The Morgan fingerprint density at radius 2 is 1.76 bits per heavy atom. The number of nitrogens with one attached hydrogen (secondary N) is 1. The Labute approximate surface area is 196 Å². The van der Waals surface area contributed by atoms with Crippen LogP contribution in [0.25, 0.3) is 11.0 Å². The minimum atomic E-state index is -0.867. The Balaban J connectivity index is 0.00000188. The van der Waals surface area contributed by atoms with Gasteiger partial charge in [0, 0.05) is 38.2 Å². The molecule has 1 amide bonds. The smallest absolute Gasteiger partial charge is 0.336 e. The predicted octanol–water partition coefficient (Wildman–Crippen LogP) is 4.58. The highest BCUT2D eigenvalue weighted by atomic mass is 16.5. The summed E-state index contributed by atoms with van der Waals surface area (Å²) in [5, 5.41) is 3.66. The fourth-order valence-corrected chi connectivity index (χ4v) is 3.11. The average molecular weight is 458 g/mol. The van der Waals surface area contributed by atoms with E-state index in [-0.39, 0.29) is 7.33 Å². The van der Waals surface area contributed by atoms with Crippen LogP contribution in [0.3, 0.4) is 0 Å². The van der Waals surface area contributed by atoms with Crippen LogP contribution in [0.4, 0.5) is 0 Å². The molecule has 1 aromatic heterocycles. The van der Waals surface area contributed by atoms with Gasteiger partial charge in [0.05, 0.1) is 19.8 Å². The van der Waals surface area contributed by atoms with Crippen LogP contribution >= 0.6 is 0 Å². The van der Waals surface area contributed by atoms with Crippen molar-refractivity contribution in [3.63, 3.8) is 0 Å². The third-order valence-corrected chi connectivity index (χ3v) is 4.77. The number of methoxy groups -OCH3 is 1. The Morgan fingerprint density at radius 3 is 2.45 bits per heavy atom. The molecule has 0 fully saturated rings. The summed E-state index contributed by atoms with van der Waals surface area (Å²) < 4.78 is 21.7. The second kappa shape index (κ2) is 13.4. The van der Waals surface area contributed by atoms with Gasteiger partial charge in [-0.05, 0) is 31.5 Å². The molecule has 1 unspecified atom stereocenters. The molecular weight excluding hydrogens is 422 g/mol. The molecule has 7 heteroatoms. The van der Waals surface area contributed by atoms with Crippen LogP contribution in [0.1, 0.15) is 38.1 Å². The molecule has 3 aromatic rings. The molecule has 0 aliphatic carbocycles. The SMILES string of the molecule is CC.COCCOCCNC(=O)C(Oc1ccc2c(C)cc(=O)oc2c1)c1ccc(C)cc1.[HH]. The summed E-state index contributed by atoms with van der Waals surface area (Å²) in [7, 11) is 1.61. The third-order valence-electron chi connectivity index (χ3n) is 4.77. The summed E-state index contributed by atoms with van der Waals surface area (Å²) in [5.74, 6) is 0.142. The summed E-state index contributed by atoms with van der Waals surface area (Å²) in [5.41, 5.74) is 2.60. The van der Waals surface area contributed by atoms with Gasteiger partial charge in [-0.25, -0.2) is 4.79 Å². The zero-order chi connectivity index (χ0) is 24.2. The van der Waals surface area contributed by atoms with Crippen LogP contribution in [-0.2, 0) is 14.3 Å². The van der Waals surface area contributed by atoms with Crippen molar-refractivity contribution in [2.45, 2.75) is 33.8 Å². The maximum Gasteiger partial charge on any atom is 0.336 e. The zero-order valence-electron chi connectivity index (χ0n) is 20.0. The van der Waals surface area contributed by atoms with Gasteiger partial charge in [0.2, 0.25) is 6.10 Å². The maximum absolute atomic E-state index is 12.9. The number of benzene rings is 2. The summed E-state index contributed by atoms with van der Waals surface area (Å²) in [6.45, 7) is 9.50. The fraction of sp³-hybridized carbons (Fsp3) is 0.385. The lowest BCUT2D eigenvalue weighted by molar-refractivity contribution is -0.128. The van der Waals surface area contributed by atoms with Crippen LogP contribution in [0.15, 0.2) is 57.7 Å². The number of fused-ring (bicyclic) bond motifs is 1. The number of hydrogen-bond acceptors (Lipinski definition) is 6. The van der Waals surface area contributed by atoms with E-state index in [0.717, 1.165) is 16.5 Å². The van der Waals surface area contributed by atoms with E-state index in [4.69, 9.17) is 18.6 Å². The fourth-order valence-electron chi connectivity index (χ4n) is 3.11. The van der Waals surface area contributed by atoms with Crippen molar-refractivity contribution >= 4 is 16.9 Å². The summed E-state index contributed by atoms with van der Waals surface area (Å²) >= 11 is 0. The molecule has 0 spiro atoms. The first-order valence-corrected chi connectivity index (χ1v) is 11.1. The van der Waals surface area contributed by atoms with E-state index in [1.807, 2.05) is 58.0 Å². The third kappa shape index (κ3) is 7.73. The second-order valence-electron chi connectivity index (χ2n) is 7.21. The Hall–Kier alpha value is -3.16. The molecule has 0 saturated heterocycles. The molecule has 2 aromatic carbocycles. The molecule has 1 heterocycles. The highest BCUT2D eigenvalue weighted by Gasteiger charge is 2.23. The number of aryl methyl sites for hydroxylation is 2. The molecule has 1 atom stereocenters. The minimum Gasteiger partial charge on any atom is -0.476 e. The van der Waals surface area contributed by atoms with Crippen molar-refractivity contribution in [2.24, 2.45) is 0 Å². The van der Waals surface area contributed by atoms with Crippen molar-refractivity contribution < 1.29 is 24.8 Å². The van der Waals surface area contributed by atoms with E-state index in [0.29, 0.717) is 43.3 Å². The van der Waals surface area contributed by atoms with Crippen molar-refractivity contribution in [1.82, 2.24) is 5.32 Å². The summed E-state index contributed by atoms with van der Waals surface area (Å²) in [6, 6.07) is 14.2. The van der Waals surface area contributed by atoms with Gasteiger partial charge in [-0.3, -0.25) is 4.79 Å². The van der Waals surface area contributed by atoms with Crippen LogP contribution in [0.5, 0.6) is 5.75 Å². The van der Waals surface area contributed by atoms with E-state index in [9.17, 15) is 9.59 Å². The van der Waals surface area contributed by atoms with Crippen LogP contribution < -0.4 is 15.7 Å². The van der Waals surface area contributed by atoms with Gasteiger partial charge in [-0.15, -0.1) is 0 Å². The first-order valence-electron chi connectivity index (χ1n) is 11.1. The van der Waals surface area contributed by atoms with Crippen LogP contribution in [-0.4, -0.2) is 39.4 Å². The number of hydrogen-bond donors (Lipinski definition) is 1. The Morgan fingerprint density at radius 1 is 1.03 bits per heavy atom. The lowest BCUT2D eigenvalue weighted by Crippen LogP contribution is -2.34. The van der Waals surface area contributed by atoms with E-state index in [1.165, 1.54) is 6.07 Å².